The summed E-state index contributed by atoms with van der Waals surface area (Å²) in [5, 5.41) is 2.66. The average Bonchev–Trinajstić information content (AvgIpc) is 2.56. The second kappa shape index (κ2) is 5.46. The van der Waals surface area contributed by atoms with E-state index in [0.717, 1.165) is 5.56 Å². The third-order valence-electron chi connectivity index (χ3n) is 3.71. The van der Waals surface area contributed by atoms with Gasteiger partial charge in [-0.25, -0.2) is 4.79 Å². The molecule has 1 aromatic carbocycles. The molecule has 0 radical (unpaired) electrons. The number of nitrogens with one attached hydrogen (secondary N) is 1. The van der Waals surface area contributed by atoms with Gasteiger partial charge in [-0.05, 0) is 33.3 Å². The monoisotopic (exact) mass is 277 g/mol. The molecule has 0 aromatic heterocycles. The van der Waals surface area contributed by atoms with Crippen molar-refractivity contribution in [3.63, 3.8) is 0 Å². The third-order valence-corrected chi connectivity index (χ3v) is 3.71. The normalized spacial score (nSPS) is 19.7. The van der Waals surface area contributed by atoms with Crippen molar-refractivity contribution in [3.8, 4) is 0 Å². The Morgan fingerprint density at radius 3 is 2.25 bits per heavy atom. The van der Waals surface area contributed by atoms with Gasteiger partial charge in [0, 0.05) is 6.54 Å². The SMILES string of the molecule is CC1(C)OB(OC(=O)NCc2ccccc2)OC1(C)C. The Hall–Kier alpha value is -1.53. The maximum absolute atomic E-state index is 11.7. The van der Waals surface area contributed by atoms with Gasteiger partial charge < -0.3 is 19.3 Å². The highest BCUT2D eigenvalue weighted by Gasteiger charge is 2.54. The molecule has 1 aliphatic rings. The predicted octanol–water partition coefficient (Wildman–Crippen LogP) is 2.50. The van der Waals surface area contributed by atoms with Crippen LogP contribution in [0.5, 0.6) is 0 Å². The Morgan fingerprint density at radius 2 is 1.70 bits per heavy atom. The lowest BCUT2D eigenvalue weighted by Crippen LogP contribution is -2.41. The number of rotatable bonds is 3. The number of amides is 1. The van der Waals surface area contributed by atoms with Crippen LogP contribution in [0.3, 0.4) is 0 Å². The Kier molecular flexibility index (Phi) is 4.06. The second-order valence-corrected chi connectivity index (χ2v) is 5.79. The van der Waals surface area contributed by atoms with Crippen molar-refractivity contribution in [3.05, 3.63) is 35.9 Å². The summed E-state index contributed by atoms with van der Waals surface area (Å²) in [5.41, 5.74) is -0.0345. The summed E-state index contributed by atoms with van der Waals surface area (Å²) in [5.74, 6) is 0. The predicted molar refractivity (Wildman–Crippen MR) is 75.8 cm³/mol. The molecule has 1 heterocycles. The minimum absolute atomic E-state index is 0.402. The molecule has 0 saturated carbocycles. The molecule has 1 saturated heterocycles. The van der Waals surface area contributed by atoms with Crippen LogP contribution < -0.4 is 5.32 Å². The quantitative estimate of drug-likeness (QED) is 0.862. The molecule has 1 fully saturated rings. The van der Waals surface area contributed by atoms with Gasteiger partial charge in [0.2, 0.25) is 0 Å². The number of hydrogen-bond donors (Lipinski definition) is 1. The maximum atomic E-state index is 11.7. The molecule has 1 N–H and O–H groups in total. The standard InChI is InChI=1S/C14H20BNO4/c1-13(2)14(3,4)20-15(19-13)18-12(17)16-10-11-8-6-5-7-9-11/h5-9H,10H2,1-4H3,(H,16,17). The van der Waals surface area contributed by atoms with E-state index < -0.39 is 24.6 Å². The van der Waals surface area contributed by atoms with Gasteiger partial charge in [0.15, 0.2) is 0 Å². The first-order chi connectivity index (χ1) is 9.30. The number of carbonyl (C=O) groups is 1. The van der Waals surface area contributed by atoms with E-state index in [-0.39, 0.29) is 0 Å². The summed E-state index contributed by atoms with van der Waals surface area (Å²) in [7, 11) is -0.976. The van der Waals surface area contributed by atoms with Crippen LogP contribution in [0.4, 0.5) is 4.79 Å². The molecule has 1 aliphatic heterocycles. The van der Waals surface area contributed by atoms with Gasteiger partial charge in [0.25, 0.3) is 0 Å². The summed E-state index contributed by atoms with van der Waals surface area (Å²) in [6, 6.07) is 9.60. The molecular formula is C14H20BNO4. The first-order valence-electron chi connectivity index (χ1n) is 6.64. The minimum atomic E-state index is -0.976. The number of carbonyl (C=O) groups excluding carboxylic acids is 1. The summed E-state index contributed by atoms with van der Waals surface area (Å²) in [6.07, 6.45) is -0.563. The van der Waals surface area contributed by atoms with E-state index in [1.807, 2.05) is 58.0 Å². The van der Waals surface area contributed by atoms with E-state index in [0.29, 0.717) is 6.54 Å². The van der Waals surface area contributed by atoms with Crippen LogP contribution >= 0.6 is 0 Å². The molecule has 20 heavy (non-hydrogen) atoms. The molecule has 0 spiro atoms. The Morgan fingerprint density at radius 1 is 1.15 bits per heavy atom. The largest absolute Gasteiger partial charge is 0.717 e. The molecule has 108 valence electrons. The van der Waals surface area contributed by atoms with Crippen LogP contribution in [0.2, 0.25) is 0 Å². The van der Waals surface area contributed by atoms with Crippen LogP contribution in [0.15, 0.2) is 30.3 Å². The fourth-order valence-corrected chi connectivity index (χ4v) is 1.74. The van der Waals surface area contributed by atoms with Crippen LogP contribution in [0.25, 0.3) is 0 Å². The van der Waals surface area contributed by atoms with E-state index in [2.05, 4.69) is 5.32 Å². The lowest BCUT2D eigenvalue weighted by atomic mass is 9.90. The van der Waals surface area contributed by atoms with Crippen molar-refractivity contribution in [2.75, 3.05) is 0 Å². The van der Waals surface area contributed by atoms with Gasteiger partial charge in [0.05, 0.1) is 11.2 Å². The van der Waals surface area contributed by atoms with Crippen molar-refractivity contribution < 1.29 is 18.8 Å². The van der Waals surface area contributed by atoms with Gasteiger partial charge in [0.1, 0.15) is 0 Å². The number of hydrogen-bond acceptors (Lipinski definition) is 4. The van der Waals surface area contributed by atoms with Gasteiger partial charge in [-0.2, -0.15) is 0 Å². The van der Waals surface area contributed by atoms with Crippen molar-refractivity contribution in [2.24, 2.45) is 0 Å². The fourth-order valence-electron chi connectivity index (χ4n) is 1.74. The topological polar surface area (TPSA) is 56.8 Å². The molecule has 0 aliphatic carbocycles. The van der Waals surface area contributed by atoms with Crippen molar-refractivity contribution >= 4 is 13.4 Å². The van der Waals surface area contributed by atoms with Crippen LogP contribution in [0.1, 0.15) is 33.3 Å². The molecule has 5 nitrogen and oxygen atoms in total. The zero-order valence-corrected chi connectivity index (χ0v) is 12.3. The van der Waals surface area contributed by atoms with Crippen molar-refractivity contribution in [2.45, 2.75) is 45.4 Å². The Labute approximate surface area is 119 Å². The number of benzene rings is 1. The summed E-state index contributed by atoms with van der Waals surface area (Å²) in [6.45, 7) is 8.01. The van der Waals surface area contributed by atoms with E-state index >= 15 is 0 Å². The molecule has 1 amide bonds. The van der Waals surface area contributed by atoms with Gasteiger partial charge >= 0.3 is 13.4 Å². The van der Waals surface area contributed by atoms with Gasteiger partial charge in [-0.3, -0.25) is 0 Å². The maximum Gasteiger partial charge on any atom is 0.717 e. The first kappa shape index (κ1) is 14.9. The fraction of sp³-hybridized carbons (Fsp3) is 0.500. The van der Waals surface area contributed by atoms with Gasteiger partial charge in [-0.1, -0.05) is 30.3 Å². The molecule has 0 unspecified atom stereocenters. The molecule has 6 heteroatoms. The molecule has 2 rings (SSSR count). The summed E-state index contributed by atoms with van der Waals surface area (Å²) >= 11 is 0. The molecule has 0 bridgehead atoms. The minimum Gasteiger partial charge on any atom is -0.468 e. The third kappa shape index (κ3) is 3.32. The Balaban J connectivity index is 1.82. The van der Waals surface area contributed by atoms with E-state index in [9.17, 15) is 4.79 Å². The molecular weight excluding hydrogens is 257 g/mol. The van der Waals surface area contributed by atoms with E-state index in [1.54, 1.807) is 0 Å². The lowest BCUT2D eigenvalue weighted by molar-refractivity contribution is 0.00578. The first-order valence-corrected chi connectivity index (χ1v) is 6.64. The van der Waals surface area contributed by atoms with Crippen molar-refractivity contribution in [1.29, 1.82) is 0 Å². The van der Waals surface area contributed by atoms with Crippen molar-refractivity contribution in [1.82, 2.24) is 5.32 Å². The summed E-state index contributed by atoms with van der Waals surface area (Å²) in [4.78, 5) is 11.7. The molecule has 1 aromatic rings. The van der Waals surface area contributed by atoms with E-state index in [1.165, 1.54) is 0 Å². The van der Waals surface area contributed by atoms with Crippen LogP contribution in [-0.2, 0) is 20.5 Å². The smallest absolute Gasteiger partial charge is 0.468 e. The highest BCUT2D eigenvalue weighted by Crippen LogP contribution is 2.36. The van der Waals surface area contributed by atoms with Crippen LogP contribution in [-0.4, -0.2) is 24.6 Å². The highest BCUT2D eigenvalue weighted by atomic mass is 16.8. The van der Waals surface area contributed by atoms with Gasteiger partial charge in [-0.15, -0.1) is 0 Å². The lowest BCUT2D eigenvalue weighted by Gasteiger charge is -2.31. The zero-order valence-electron chi connectivity index (χ0n) is 12.3. The zero-order chi connectivity index (χ0) is 14.8. The summed E-state index contributed by atoms with van der Waals surface area (Å²) < 4.78 is 16.3. The average molecular weight is 277 g/mol. The molecule has 0 atom stereocenters. The van der Waals surface area contributed by atoms with E-state index in [4.69, 9.17) is 14.0 Å². The Bertz CT molecular complexity index is 459. The second-order valence-electron chi connectivity index (χ2n) is 5.79. The van der Waals surface area contributed by atoms with Crippen LogP contribution in [0, 0.1) is 0 Å². The highest BCUT2D eigenvalue weighted by molar-refractivity contribution is 6.40.